The molecule has 0 aliphatic carbocycles. The van der Waals surface area contributed by atoms with Crippen LogP contribution in [-0.4, -0.2) is 90.2 Å². The fourth-order valence-corrected chi connectivity index (χ4v) is 4.96. The van der Waals surface area contributed by atoms with Crippen LogP contribution in [0.5, 0.6) is 0 Å². The van der Waals surface area contributed by atoms with Gasteiger partial charge in [0.1, 0.15) is 30.3 Å². The molecule has 1 unspecified atom stereocenters. The van der Waals surface area contributed by atoms with Gasteiger partial charge in [0, 0.05) is 30.5 Å². The highest BCUT2D eigenvalue weighted by Gasteiger charge is 2.50. The minimum Gasteiger partial charge on any atom is -0.454 e. The highest BCUT2D eigenvalue weighted by molar-refractivity contribution is 8.00. The summed E-state index contributed by atoms with van der Waals surface area (Å²) in [5, 5.41) is 7.87. The highest BCUT2D eigenvalue weighted by atomic mass is 32.2. The van der Waals surface area contributed by atoms with E-state index in [1.807, 2.05) is 13.8 Å². The summed E-state index contributed by atoms with van der Waals surface area (Å²) in [5.41, 5.74) is 6.14. The molecular weight excluding hydrogens is 486 g/mol. The van der Waals surface area contributed by atoms with Gasteiger partial charge >= 0.3 is 5.97 Å². The van der Waals surface area contributed by atoms with Gasteiger partial charge in [-0.25, -0.2) is 9.78 Å². The smallest absolute Gasteiger partial charge is 0.336 e. The number of esters is 1. The van der Waals surface area contributed by atoms with Crippen molar-refractivity contribution in [1.29, 1.82) is 0 Å². The van der Waals surface area contributed by atoms with Gasteiger partial charge in [0.25, 0.3) is 11.8 Å². The molecule has 34 heavy (non-hydrogen) atoms. The Morgan fingerprint density at radius 2 is 2.03 bits per heavy atom. The Bertz CT molecular complexity index is 959. The minimum absolute atomic E-state index is 0.0862. The molecule has 3 N–H and O–H groups in total. The van der Waals surface area contributed by atoms with Gasteiger partial charge in [0.05, 0.1) is 18.8 Å². The number of anilines is 1. The van der Waals surface area contributed by atoms with Gasteiger partial charge < -0.3 is 35.0 Å². The first-order valence-electron chi connectivity index (χ1n) is 10.5. The van der Waals surface area contributed by atoms with Crippen LogP contribution >= 0.6 is 23.1 Å². The fraction of sp³-hybridized carbons (Fsp3) is 0.550. The van der Waals surface area contributed by atoms with Gasteiger partial charge in [-0.3, -0.25) is 9.59 Å². The number of amides is 2. The topological polar surface area (TPSA) is 155 Å². The molecule has 2 aliphatic rings. The number of thioether (sulfide) groups is 1. The average Bonchev–Trinajstić information content (AvgIpc) is 3.27. The molecular formula is C20H27N5O7S2. The molecule has 12 nitrogen and oxygen atoms in total. The molecule has 0 bridgehead atoms. The van der Waals surface area contributed by atoms with E-state index in [1.165, 1.54) is 30.0 Å². The number of rotatable bonds is 12. The largest absolute Gasteiger partial charge is 0.454 e. The maximum atomic E-state index is 12.7. The van der Waals surface area contributed by atoms with E-state index < -0.39 is 24.0 Å². The van der Waals surface area contributed by atoms with E-state index in [0.29, 0.717) is 24.5 Å². The lowest BCUT2D eigenvalue weighted by Crippen LogP contribution is -2.69. The first-order valence-corrected chi connectivity index (χ1v) is 12.5. The Hall–Kier alpha value is -2.68. The zero-order valence-corrected chi connectivity index (χ0v) is 20.6. The molecule has 0 saturated carbocycles. The number of fused-ring (bicyclic) bond motifs is 1. The molecule has 0 aromatic carbocycles. The normalized spacial score (nSPS) is 19.9. The summed E-state index contributed by atoms with van der Waals surface area (Å²) in [7, 11) is 1.30. The van der Waals surface area contributed by atoms with Crippen LogP contribution < -0.4 is 11.1 Å². The number of carbonyl (C=O) groups is 3. The van der Waals surface area contributed by atoms with Crippen LogP contribution in [0.2, 0.25) is 0 Å². The summed E-state index contributed by atoms with van der Waals surface area (Å²) in [4.78, 5) is 48.2. The van der Waals surface area contributed by atoms with Crippen molar-refractivity contribution in [2.45, 2.75) is 31.4 Å². The summed E-state index contributed by atoms with van der Waals surface area (Å²) < 4.78 is 16.2. The number of nitrogen functional groups attached to an aromatic ring is 1. The molecule has 3 heterocycles. The van der Waals surface area contributed by atoms with Crippen LogP contribution in [0.4, 0.5) is 5.13 Å². The molecule has 0 radical (unpaired) electrons. The number of ether oxygens (including phenoxy) is 3. The second-order valence-corrected chi connectivity index (χ2v) is 9.09. The van der Waals surface area contributed by atoms with Crippen LogP contribution in [0.25, 0.3) is 0 Å². The van der Waals surface area contributed by atoms with Gasteiger partial charge in [0.15, 0.2) is 10.8 Å². The summed E-state index contributed by atoms with van der Waals surface area (Å²) in [6, 6.07) is -0.784. The second-order valence-electron chi connectivity index (χ2n) is 7.09. The second kappa shape index (κ2) is 12.1. The number of oxime groups is 1. The summed E-state index contributed by atoms with van der Waals surface area (Å²) in [6.45, 7) is 5.11. The standard InChI is InChI=1S/C20H27N5O7S2/c1-4-30-7-12(8-31-5-2)32-19(28)11-6-25-17(27)15(18(25)33-9-11)23-16(26)14(24-29-3)13-10-34-20(21)22-13/h6,10,12,15,18H,4-5,7-9H2,1-3H3,(H2,21,22)(H,23,26)/t15?,18-/m1/s1. The highest BCUT2D eigenvalue weighted by Crippen LogP contribution is 2.36. The van der Waals surface area contributed by atoms with Crippen molar-refractivity contribution in [2.75, 3.05) is 45.0 Å². The molecule has 3 rings (SSSR count). The van der Waals surface area contributed by atoms with Gasteiger partial charge in [-0.1, -0.05) is 5.16 Å². The fourth-order valence-electron chi connectivity index (χ4n) is 3.17. The van der Waals surface area contributed by atoms with Crippen LogP contribution in [0, 0.1) is 0 Å². The predicted octanol–water partition coefficient (Wildman–Crippen LogP) is 0.344. The zero-order chi connectivity index (χ0) is 24.7. The molecule has 14 heteroatoms. The Kier molecular flexibility index (Phi) is 9.27. The lowest BCUT2D eigenvalue weighted by molar-refractivity contribution is -0.151. The third kappa shape index (κ3) is 6.05. The molecule has 2 aliphatic heterocycles. The number of nitrogens with one attached hydrogen (secondary N) is 1. The van der Waals surface area contributed by atoms with Gasteiger partial charge in [0.2, 0.25) is 0 Å². The van der Waals surface area contributed by atoms with Crippen molar-refractivity contribution in [3.8, 4) is 0 Å². The maximum Gasteiger partial charge on any atom is 0.336 e. The van der Waals surface area contributed by atoms with E-state index in [9.17, 15) is 14.4 Å². The number of hydrogen-bond donors (Lipinski definition) is 2. The monoisotopic (exact) mass is 513 g/mol. The number of carbonyl (C=O) groups excluding carboxylic acids is 3. The third-order valence-electron chi connectivity index (χ3n) is 4.78. The van der Waals surface area contributed by atoms with Crippen molar-refractivity contribution in [2.24, 2.45) is 5.16 Å². The third-order valence-corrected chi connectivity index (χ3v) is 6.78. The lowest BCUT2D eigenvalue weighted by Gasteiger charge is -2.47. The molecule has 0 spiro atoms. The van der Waals surface area contributed by atoms with E-state index >= 15 is 0 Å². The maximum absolute atomic E-state index is 12.7. The average molecular weight is 514 g/mol. The quantitative estimate of drug-likeness (QED) is 0.173. The number of nitrogens with two attached hydrogens (primary N) is 1. The van der Waals surface area contributed by atoms with Gasteiger partial charge in [-0.15, -0.1) is 23.1 Å². The van der Waals surface area contributed by atoms with Crippen molar-refractivity contribution in [3.05, 3.63) is 22.8 Å². The van der Waals surface area contributed by atoms with Crippen molar-refractivity contribution in [1.82, 2.24) is 15.2 Å². The van der Waals surface area contributed by atoms with E-state index in [4.69, 9.17) is 24.8 Å². The van der Waals surface area contributed by atoms with E-state index in [0.717, 1.165) is 11.3 Å². The Balaban J connectivity index is 1.61. The molecule has 186 valence electrons. The Labute approximate surface area is 204 Å². The molecule has 2 amide bonds. The van der Waals surface area contributed by atoms with E-state index in [1.54, 1.807) is 5.38 Å². The molecule has 1 fully saturated rings. The number of nitrogens with zero attached hydrogens (tertiary/aromatic N) is 3. The summed E-state index contributed by atoms with van der Waals surface area (Å²) >= 11 is 2.50. The zero-order valence-electron chi connectivity index (χ0n) is 19.0. The molecule has 1 saturated heterocycles. The number of thiazole rings is 1. The molecule has 1 aromatic heterocycles. The first-order chi connectivity index (χ1) is 16.4. The summed E-state index contributed by atoms with van der Waals surface area (Å²) in [6.07, 6.45) is 0.923. The van der Waals surface area contributed by atoms with Gasteiger partial charge in [-0.05, 0) is 13.8 Å². The number of hydrogen-bond acceptors (Lipinski definition) is 12. The van der Waals surface area contributed by atoms with Crippen LogP contribution in [0.1, 0.15) is 19.5 Å². The van der Waals surface area contributed by atoms with Gasteiger partial charge in [-0.2, -0.15) is 0 Å². The van der Waals surface area contributed by atoms with Crippen molar-refractivity contribution >= 4 is 51.7 Å². The van der Waals surface area contributed by atoms with Crippen LogP contribution in [0.3, 0.4) is 0 Å². The Morgan fingerprint density at radius 1 is 1.32 bits per heavy atom. The predicted molar refractivity (Wildman–Crippen MR) is 126 cm³/mol. The lowest BCUT2D eigenvalue weighted by atomic mass is 10.1. The first kappa shape index (κ1) is 25.9. The molecule has 2 atom stereocenters. The number of aromatic nitrogens is 1. The van der Waals surface area contributed by atoms with Crippen molar-refractivity contribution < 1.29 is 33.4 Å². The van der Waals surface area contributed by atoms with E-state index in [-0.39, 0.29) is 41.0 Å². The summed E-state index contributed by atoms with van der Waals surface area (Å²) in [5.74, 6) is -1.19. The van der Waals surface area contributed by atoms with Crippen LogP contribution in [-0.2, 0) is 33.4 Å². The Morgan fingerprint density at radius 3 is 2.62 bits per heavy atom. The van der Waals surface area contributed by atoms with Crippen molar-refractivity contribution in [3.63, 3.8) is 0 Å². The van der Waals surface area contributed by atoms with Crippen LogP contribution in [0.15, 0.2) is 22.3 Å². The van der Waals surface area contributed by atoms with E-state index in [2.05, 4.69) is 15.5 Å². The molecule has 1 aromatic rings. The minimum atomic E-state index is -0.784. The number of β-lactam (4-membered cyclic amide) rings is 1. The SMILES string of the molecule is CCOCC(COCC)OC(=O)C1=CN2C(=O)C(NC(=O)C(=NOC)c3csc(N)n3)[C@H]2SC1.